The van der Waals surface area contributed by atoms with Crippen molar-refractivity contribution in [3.8, 4) is 5.69 Å². The van der Waals surface area contributed by atoms with E-state index in [1.54, 1.807) is 0 Å². The van der Waals surface area contributed by atoms with Crippen molar-refractivity contribution < 1.29 is 0 Å². The Morgan fingerprint density at radius 1 is 1.04 bits per heavy atom. The number of hydrogen-bond donors (Lipinski definition) is 0. The Hall–Kier alpha value is -1.88. The first-order chi connectivity index (χ1) is 12.9. The lowest BCUT2D eigenvalue weighted by atomic mass is 9.99. The predicted octanol–water partition coefficient (Wildman–Crippen LogP) is 7.27. The highest BCUT2D eigenvalue weighted by Crippen LogP contribution is 2.24. The highest BCUT2D eigenvalue weighted by Gasteiger charge is 2.10. The van der Waals surface area contributed by atoms with Gasteiger partial charge in [-0.25, -0.2) is 0 Å². The smallest absolute Gasteiger partial charge is 0.0630 e. The summed E-state index contributed by atoms with van der Waals surface area (Å²) < 4.78 is 3.60. The van der Waals surface area contributed by atoms with E-state index >= 15 is 0 Å². The van der Waals surface area contributed by atoms with E-state index in [1.165, 1.54) is 31.8 Å². The largest absolute Gasteiger partial charge is 0.318 e. The third-order valence-corrected chi connectivity index (χ3v) is 6.51. The average molecular weight is 470 g/mol. The van der Waals surface area contributed by atoms with Gasteiger partial charge in [0, 0.05) is 32.4 Å². The average Bonchev–Trinajstić information content (AvgIpc) is 2.95. The normalized spacial score (nSPS) is 12.7. The van der Waals surface area contributed by atoms with Crippen LogP contribution in [0.4, 0.5) is 5.69 Å². The van der Waals surface area contributed by atoms with Gasteiger partial charge in [0.2, 0.25) is 0 Å². The van der Waals surface area contributed by atoms with Crippen LogP contribution in [0, 0.1) is 24.3 Å². The highest BCUT2D eigenvalue weighted by molar-refractivity contribution is 14.1. The molecule has 0 amide bonds. The Balaban J connectivity index is 1.88. The maximum absolute atomic E-state index is 4.70. The molecule has 2 nitrogen and oxygen atoms in total. The van der Waals surface area contributed by atoms with E-state index in [9.17, 15) is 0 Å². The number of benzene rings is 2. The van der Waals surface area contributed by atoms with Crippen LogP contribution in [0.3, 0.4) is 0 Å². The van der Waals surface area contributed by atoms with E-state index in [4.69, 9.17) is 4.99 Å². The van der Waals surface area contributed by atoms with Crippen molar-refractivity contribution in [1.82, 2.24) is 4.57 Å². The van der Waals surface area contributed by atoms with E-state index < -0.39 is 0 Å². The fourth-order valence-electron chi connectivity index (χ4n) is 3.35. The molecule has 0 N–H and O–H groups in total. The molecule has 1 atom stereocenters. The molecule has 0 fully saturated rings. The monoisotopic (exact) mass is 470 g/mol. The maximum atomic E-state index is 4.70. The van der Waals surface area contributed by atoms with Gasteiger partial charge >= 0.3 is 0 Å². The van der Waals surface area contributed by atoms with Crippen molar-refractivity contribution in [2.45, 2.75) is 47.0 Å². The van der Waals surface area contributed by atoms with Gasteiger partial charge in [-0.2, -0.15) is 0 Å². The SMILES string of the molecule is CC[C@H](C)c1ccc(N=Cc2cc(C)n(-c3ccc(I)c(C)c3)c2C)cc1. The van der Waals surface area contributed by atoms with Gasteiger partial charge in [-0.05, 0) is 103 Å². The van der Waals surface area contributed by atoms with Crippen LogP contribution in [-0.4, -0.2) is 10.8 Å². The fraction of sp³-hybridized carbons (Fsp3) is 0.292. The number of nitrogens with zero attached hydrogens (tertiary/aromatic N) is 2. The van der Waals surface area contributed by atoms with E-state index in [2.05, 4.69) is 110 Å². The third kappa shape index (κ3) is 4.34. The van der Waals surface area contributed by atoms with Crippen molar-refractivity contribution in [2.75, 3.05) is 0 Å². The molecule has 0 saturated carbocycles. The Bertz CT molecular complexity index is 965. The first-order valence-corrected chi connectivity index (χ1v) is 10.6. The summed E-state index contributed by atoms with van der Waals surface area (Å²) in [4.78, 5) is 4.70. The fourth-order valence-corrected chi connectivity index (χ4v) is 3.69. The molecule has 0 aliphatic heterocycles. The van der Waals surface area contributed by atoms with Gasteiger partial charge in [-0.1, -0.05) is 26.0 Å². The molecule has 0 bridgehead atoms. The molecular weight excluding hydrogens is 443 g/mol. The summed E-state index contributed by atoms with van der Waals surface area (Å²) >= 11 is 2.38. The molecular formula is C24H27IN2. The van der Waals surface area contributed by atoms with Gasteiger partial charge in [-0.3, -0.25) is 4.99 Å². The van der Waals surface area contributed by atoms with Gasteiger partial charge < -0.3 is 4.57 Å². The van der Waals surface area contributed by atoms with Crippen molar-refractivity contribution >= 4 is 34.5 Å². The molecule has 0 saturated heterocycles. The first-order valence-electron chi connectivity index (χ1n) is 9.50. The lowest BCUT2D eigenvalue weighted by molar-refractivity contribution is 0.734. The summed E-state index contributed by atoms with van der Waals surface area (Å²) in [7, 11) is 0. The summed E-state index contributed by atoms with van der Waals surface area (Å²) in [5, 5.41) is 0. The molecule has 3 aromatic rings. The standard InChI is InChI=1S/C24H27IN2/c1-6-16(2)20-7-9-22(10-8-20)26-15-21-14-18(4)27(19(21)5)23-11-12-24(25)17(3)13-23/h7-16H,6H2,1-5H3/t16-/m0/s1. The minimum absolute atomic E-state index is 0.597. The molecule has 0 aliphatic rings. The van der Waals surface area contributed by atoms with Gasteiger partial charge in [0.25, 0.3) is 0 Å². The Morgan fingerprint density at radius 2 is 1.74 bits per heavy atom. The topological polar surface area (TPSA) is 17.3 Å². The van der Waals surface area contributed by atoms with Gasteiger partial charge in [0.05, 0.1) is 5.69 Å². The molecule has 0 unspecified atom stereocenters. The van der Waals surface area contributed by atoms with Crippen LogP contribution in [0.15, 0.2) is 53.5 Å². The molecule has 0 spiro atoms. The summed E-state index contributed by atoms with van der Waals surface area (Å²) in [6.07, 6.45) is 3.14. The minimum atomic E-state index is 0.597. The van der Waals surface area contributed by atoms with Crippen molar-refractivity contribution in [3.05, 3.63) is 80.2 Å². The second-order valence-corrected chi connectivity index (χ2v) is 8.42. The zero-order valence-corrected chi connectivity index (χ0v) is 18.9. The van der Waals surface area contributed by atoms with Crippen molar-refractivity contribution in [1.29, 1.82) is 0 Å². The zero-order valence-electron chi connectivity index (χ0n) is 16.8. The number of aromatic nitrogens is 1. The van der Waals surface area contributed by atoms with E-state index in [1.807, 2.05) is 6.21 Å². The molecule has 1 heterocycles. The zero-order chi connectivity index (χ0) is 19.6. The quantitative estimate of drug-likeness (QED) is 0.276. The molecule has 0 aliphatic carbocycles. The van der Waals surface area contributed by atoms with Crippen LogP contribution in [0.25, 0.3) is 5.69 Å². The van der Waals surface area contributed by atoms with Gasteiger partial charge in [0.1, 0.15) is 0 Å². The molecule has 0 radical (unpaired) electrons. The second-order valence-electron chi connectivity index (χ2n) is 7.25. The Labute approximate surface area is 176 Å². The lowest BCUT2D eigenvalue weighted by Crippen LogP contribution is -2.00. The van der Waals surface area contributed by atoms with Crippen molar-refractivity contribution in [2.24, 2.45) is 4.99 Å². The first kappa shape index (κ1) is 19.9. The number of rotatable bonds is 5. The highest BCUT2D eigenvalue weighted by atomic mass is 127. The summed E-state index contributed by atoms with van der Waals surface area (Å²) in [6, 6.07) is 17.4. The summed E-state index contributed by atoms with van der Waals surface area (Å²) in [6.45, 7) is 11.0. The molecule has 1 aromatic heterocycles. The predicted molar refractivity (Wildman–Crippen MR) is 125 cm³/mol. The number of halogens is 1. The van der Waals surface area contributed by atoms with Crippen LogP contribution < -0.4 is 0 Å². The Morgan fingerprint density at radius 3 is 2.37 bits per heavy atom. The molecule has 3 rings (SSSR count). The molecule has 2 aromatic carbocycles. The number of hydrogen-bond acceptors (Lipinski definition) is 1. The Kier molecular flexibility index (Phi) is 6.20. The van der Waals surface area contributed by atoms with Crippen molar-refractivity contribution in [3.63, 3.8) is 0 Å². The van der Waals surface area contributed by atoms with Crippen LogP contribution in [0.1, 0.15) is 54.3 Å². The van der Waals surface area contributed by atoms with Crippen LogP contribution in [-0.2, 0) is 0 Å². The lowest BCUT2D eigenvalue weighted by Gasteiger charge is -2.11. The minimum Gasteiger partial charge on any atom is -0.318 e. The van der Waals surface area contributed by atoms with E-state index in [-0.39, 0.29) is 0 Å². The van der Waals surface area contributed by atoms with Gasteiger partial charge in [-0.15, -0.1) is 0 Å². The van der Waals surface area contributed by atoms with Crippen LogP contribution >= 0.6 is 22.6 Å². The van der Waals surface area contributed by atoms with E-state index in [0.717, 1.165) is 17.7 Å². The maximum Gasteiger partial charge on any atom is 0.0630 e. The second kappa shape index (κ2) is 8.42. The van der Waals surface area contributed by atoms with Crippen LogP contribution in [0.5, 0.6) is 0 Å². The molecule has 3 heteroatoms. The van der Waals surface area contributed by atoms with E-state index in [0.29, 0.717) is 5.92 Å². The summed E-state index contributed by atoms with van der Waals surface area (Å²) in [5.41, 5.74) is 8.49. The van der Waals surface area contributed by atoms with Gasteiger partial charge in [0.15, 0.2) is 0 Å². The number of aryl methyl sites for hydroxylation is 2. The van der Waals surface area contributed by atoms with Crippen LogP contribution in [0.2, 0.25) is 0 Å². The number of aliphatic imine (C=N–C) groups is 1. The molecule has 27 heavy (non-hydrogen) atoms. The summed E-state index contributed by atoms with van der Waals surface area (Å²) in [5.74, 6) is 0.597. The molecule has 140 valence electrons. The third-order valence-electron chi connectivity index (χ3n) is 5.30.